The summed E-state index contributed by atoms with van der Waals surface area (Å²) in [7, 11) is 0. The van der Waals surface area contributed by atoms with Gasteiger partial charge in [0.2, 0.25) is 0 Å². The fourth-order valence-corrected chi connectivity index (χ4v) is 6.11. The molecule has 0 spiro atoms. The van der Waals surface area contributed by atoms with Gasteiger partial charge in [-0.25, -0.2) is 4.79 Å². The van der Waals surface area contributed by atoms with Crippen molar-refractivity contribution in [2.24, 2.45) is 0 Å². The van der Waals surface area contributed by atoms with Gasteiger partial charge in [0, 0.05) is 0 Å². The number of carbonyl (C=O) groups is 2. The zero-order valence-corrected chi connectivity index (χ0v) is 33.3. The van der Waals surface area contributed by atoms with E-state index in [1.807, 2.05) is 0 Å². The van der Waals surface area contributed by atoms with Crippen LogP contribution in [0.4, 0.5) is 0 Å². The first-order chi connectivity index (χ1) is 23.3. The number of aromatic carboxylic acids is 2. The van der Waals surface area contributed by atoms with E-state index in [4.69, 9.17) is 5.11 Å². The molecule has 0 unspecified atom stereocenters. The van der Waals surface area contributed by atoms with Crippen LogP contribution in [0.5, 0.6) is 11.5 Å². The van der Waals surface area contributed by atoms with E-state index in [2.05, 4.69) is 13.8 Å². The molecule has 49 heavy (non-hydrogen) atoms. The topological polar surface area (TPSA) is 121 Å². The molecule has 0 atom stereocenters. The van der Waals surface area contributed by atoms with E-state index in [0.29, 0.717) is 5.56 Å². The van der Waals surface area contributed by atoms with Crippen LogP contribution in [0.25, 0.3) is 0 Å². The largest absolute Gasteiger partial charge is 2.00 e. The van der Waals surface area contributed by atoms with Crippen molar-refractivity contribution in [3.63, 3.8) is 0 Å². The molecule has 0 aliphatic rings. The Hall–Kier alpha value is -1.76. The Balaban J connectivity index is 0.000000922. The first kappa shape index (κ1) is 47.2. The Morgan fingerprint density at radius 2 is 0.878 bits per heavy atom. The molecule has 2 aromatic carbocycles. The van der Waals surface area contributed by atoms with Gasteiger partial charge in [0.15, 0.2) is 0 Å². The van der Waals surface area contributed by atoms with Crippen LogP contribution in [-0.4, -0.2) is 59.9 Å². The molecule has 0 saturated carbocycles. The zero-order valence-electron chi connectivity index (χ0n) is 31.1. The van der Waals surface area contributed by atoms with E-state index in [1.165, 1.54) is 153 Å². The van der Waals surface area contributed by atoms with Crippen LogP contribution < -0.4 is 10.2 Å². The molecular weight excluding hydrogens is 641 g/mol. The number of rotatable bonds is 28. The van der Waals surface area contributed by atoms with Crippen molar-refractivity contribution in [2.75, 3.05) is 0 Å². The second-order valence-electron chi connectivity index (χ2n) is 13.5. The second kappa shape index (κ2) is 32.2. The number of hydrogen-bond donors (Lipinski definition) is 2. The number of unbranched alkanes of at least 4 members (excludes halogenated alkanes) is 22. The average Bonchev–Trinajstić information content (AvgIpc) is 3.07. The van der Waals surface area contributed by atoms with Gasteiger partial charge in [-0.3, -0.25) is 0 Å². The normalized spacial score (nSPS) is 10.7. The SMILES string of the molecule is CCCCCCCCCCCCCCc1ccc(C(=O)O)cc1O.CCCCCCCCCCCCCCc1ccc(C(=O)[O-])cc1[O-].[Ca+2]. The van der Waals surface area contributed by atoms with Crippen molar-refractivity contribution >= 4 is 49.7 Å². The van der Waals surface area contributed by atoms with Crippen LogP contribution in [-0.2, 0) is 12.8 Å². The molecule has 0 aliphatic carbocycles. The molecule has 0 amide bonds. The van der Waals surface area contributed by atoms with E-state index in [0.717, 1.165) is 37.7 Å². The molecule has 0 bridgehead atoms. The summed E-state index contributed by atoms with van der Waals surface area (Å²) in [6.07, 6.45) is 32.9. The van der Waals surface area contributed by atoms with Crippen LogP contribution in [0.1, 0.15) is 200 Å². The maximum atomic E-state index is 11.8. The molecule has 0 saturated heterocycles. The fraction of sp³-hybridized carbons (Fsp3) is 0.667. The van der Waals surface area contributed by atoms with Crippen molar-refractivity contribution < 1.29 is 30.0 Å². The third kappa shape index (κ3) is 24.9. The molecule has 0 fully saturated rings. The number of phenolic OH excluding ortho intramolecular Hbond substituents is 1. The number of carbonyl (C=O) groups excluding carboxylic acids is 1. The number of carboxylic acid groups (broad SMARTS) is 2. The summed E-state index contributed by atoms with van der Waals surface area (Å²) in [4.78, 5) is 21.5. The molecular formula is C42H66CaO6. The van der Waals surface area contributed by atoms with Crippen LogP contribution in [0.3, 0.4) is 0 Å². The summed E-state index contributed by atoms with van der Waals surface area (Å²) < 4.78 is 0. The predicted octanol–water partition coefficient (Wildman–Crippen LogP) is 10.3. The third-order valence-corrected chi connectivity index (χ3v) is 9.23. The summed E-state index contributed by atoms with van der Waals surface area (Å²) >= 11 is 0. The van der Waals surface area contributed by atoms with E-state index >= 15 is 0 Å². The van der Waals surface area contributed by atoms with Gasteiger partial charge < -0.3 is 25.2 Å². The van der Waals surface area contributed by atoms with Crippen LogP contribution >= 0.6 is 0 Å². The number of aryl methyl sites for hydroxylation is 2. The number of carboxylic acids is 2. The second-order valence-corrected chi connectivity index (χ2v) is 13.5. The van der Waals surface area contributed by atoms with Crippen LogP contribution in [0.2, 0.25) is 0 Å². The number of phenols is 1. The summed E-state index contributed by atoms with van der Waals surface area (Å²) in [5, 5.41) is 41.2. The minimum Gasteiger partial charge on any atom is -0.872 e. The Kier molecular flexibility index (Phi) is 31.0. The van der Waals surface area contributed by atoms with Crippen molar-refractivity contribution in [3.05, 3.63) is 58.7 Å². The van der Waals surface area contributed by atoms with Gasteiger partial charge in [-0.15, -0.1) is 5.75 Å². The molecule has 2 aromatic rings. The van der Waals surface area contributed by atoms with Crippen molar-refractivity contribution in [1.29, 1.82) is 0 Å². The Bertz CT molecular complexity index is 1030. The standard InChI is InChI=1S/2C21H34O3.Ca/c2*1-2-3-4-5-6-7-8-9-10-11-12-13-14-18-15-16-19(21(23)24)17-20(18)22;/h2*15-17,22H,2-14H2,1H3,(H,23,24);/q;;+2/p-2. The van der Waals surface area contributed by atoms with Crippen molar-refractivity contribution in [3.8, 4) is 11.5 Å². The Labute approximate surface area is 328 Å². The summed E-state index contributed by atoms with van der Waals surface area (Å²) in [6, 6.07) is 8.91. The number of benzene rings is 2. The van der Waals surface area contributed by atoms with Gasteiger partial charge in [-0.2, -0.15) is 0 Å². The van der Waals surface area contributed by atoms with E-state index in [1.54, 1.807) is 18.2 Å². The van der Waals surface area contributed by atoms with E-state index < -0.39 is 11.9 Å². The van der Waals surface area contributed by atoms with Crippen LogP contribution in [0, 0.1) is 0 Å². The smallest absolute Gasteiger partial charge is 0.872 e. The minimum atomic E-state index is -1.29. The van der Waals surface area contributed by atoms with Crippen LogP contribution in [0.15, 0.2) is 36.4 Å². The quantitative estimate of drug-likeness (QED) is 0.0671. The van der Waals surface area contributed by atoms with Gasteiger partial charge in [0.05, 0.1) is 11.5 Å². The monoisotopic (exact) mass is 706 g/mol. The molecule has 2 N–H and O–H groups in total. The van der Waals surface area contributed by atoms with Gasteiger partial charge in [-0.05, 0) is 48.9 Å². The summed E-state index contributed by atoms with van der Waals surface area (Å²) in [6.45, 7) is 4.51. The number of hydrogen-bond acceptors (Lipinski definition) is 5. The fourth-order valence-electron chi connectivity index (χ4n) is 6.11. The van der Waals surface area contributed by atoms with Gasteiger partial charge in [-0.1, -0.05) is 185 Å². The van der Waals surface area contributed by atoms with Gasteiger partial charge in [0.1, 0.15) is 5.75 Å². The van der Waals surface area contributed by atoms with Gasteiger partial charge in [0.25, 0.3) is 0 Å². The Morgan fingerprint density at radius 3 is 1.22 bits per heavy atom. The van der Waals surface area contributed by atoms with E-state index in [-0.39, 0.29) is 60.4 Å². The third-order valence-electron chi connectivity index (χ3n) is 9.23. The van der Waals surface area contributed by atoms with Gasteiger partial charge >= 0.3 is 43.7 Å². The molecule has 2 rings (SSSR count). The first-order valence-corrected chi connectivity index (χ1v) is 19.4. The predicted molar refractivity (Wildman–Crippen MR) is 201 cm³/mol. The molecule has 6 nitrogen and oxygen atoms in total. The minimum absolute atomic E-state index is 0. The molecule has 0 aromatic heterocycles. The molecule has 272 valence electrons. The summed E-state index contributed by atoms with van der Waals surface area (Å²) in [5.74, 6) is -2.36. The summed E-state index contributed by atoms with van der Waals surface area (Å²) in [5.41, 5.74) is 1.68. The molecule has 0 heterocycles. The maximum Gasteiger partial charge on any atom is 2.00 e. The first-order valence-electron chi connectivity index (χ1n) is 19.4. The van der Waals surface area contributed by atoms with Crippen molar-refractivity contribution in [2.45, 2.75) is 181 Å². The van der Waals surface area contributed by atoms with E-state index in [9.17, 15) is 24.9 Å². The van der Waals surface area contributed by atoms with Crippen molar-refractivity contribution in [1.82, 2.24) is 0 Å². The molecule has 0 radical (unpaired) electrons. The molecule has 0 aliphatic heterocycles. The number of aromatic hydroxyl groups is 1. The maximum absolute atomic E-state index is 11.8. The molecule has 7 heteroatoms. The zero-order chi connectivity index (χ0) is 35.2. The average molecular weight is 707 g/mol. The Morgan fingerprint density at radius 1 is 0.531 bits per heavy atom.